The van der Waals surface area contributed by atoms with Crippen LogP contribution >= 0.6 is 11.6 Å². The van der Waals surface area contributed by atoms with E-state index in [1.165, 1.54) is 36.4 Å². The number of nitrogens with two attached hydrogens (primary N) is 1. The van der Waals surface area contributed by atoms with Gasteiger partial charge in [-0.1, -0.05) is 17.7 Å². The lowest BCUT2D eigenvalue weighted by atomic mass is 10.2. The molecule has 0 aromatic heterocycles. The highest BCUT2D eigenvalue weighted by molar-refractivity contribution is 7.92. The summed E-state index contributed by atoms with van der Waals surface area (Å²) in [6, 6.07) is 8.34. The summed E-state index contributed by atoms with van der Waals surface area (Å²) in [5.74, 6) is -0.815. The zero-order valence-electron chi connectivity index (χ0n) is 10.5. The molecule has 0 bridgehead atoms. The topological polar surface area (TPSA) is 72.2 Å². The zero-order valence-corrected chi connectivity index (χ0v) is 12.1. The molecule has 106 valence electrons. The summed E-state index contributed by atoms with van der Waals surface area (Å²) < 4.78 is 40.2. The molecule has 0 spiro atoms. The molecule has 0 atom stereocenters. The van der Waals surface area contributed by atoms with Gasteiger partial charge in [0.25, 0.3) is 10.0 Å². The maximum atomic E-state index is 13.7. The van der Waals surface area contributed by atoms with Gasteiger partial charge in [-0.15, -0.1) is 0 Å². The first kappa shape index (κ1) is 14.6. The Hall–Kier alpha value is -1.79. The van der Waals surface area contributed by atoms with Crippen LogP contribution in [0.25, 0.3) is 0 Å². The zero-order chi connectivity index (χ0) is 14.9. The fourth-order valence-electron chi connectivity index (χ4n) is 1.60. The Bertz CT molecular complexity index is 763. The van der Waals surface area contributed by atoms with Crippen LogP contribution in [-0.2, 0) is 10.0 Å². The third-order valence-electron chi connectivity index (χ3n) is 2.75. The van der Waals surface area contributed by atoms with Gasteiger partial charge in [-0.3, -0.25) is 4.72 Å². The molecule has 7 heteroatoms. The number of nitrogens with one attached hydrogen (secondary N) is 1. The van der Waals surface area contributed by atoms with E-state index < -0.39 is 15.8 Å². The Morgan fingerprint density at radius 2 is 1.95 bits per heavy atom. The van der Waals surface area contributed by atoms with Crippen molar-refractivity contribution in [2.75, 3.05) is 10.5 Å². The average molecular weight is 315 g/mol. The minimum Gasteiger partial charge on any atom is -0.399 e. The van der Waals surface area contributed by atoms with Crippen LogP contribution in [-0.4, -0.2) is 8.42 Å². The molecule has 0 unspecified atom stereocenters. The predicted molar refractivity (Wildman–Crippen MR) is 77.8 cm³/mol. The van der Waals surface area contributed by atoms with Crippen molar-refractivity contribution in [2.45, 2.75) is 11.8 Å². The van der Waals surface area contributed by atoms with Gasteiger partial charge in [-0.05, 0) is 42.8 Å². The normalized spacial score (nSPS) is 11.3. The predicted octanol–water partition coefficient (Wildman–Crippen LogP) is 3.17. The SMILES string of the molecule is Cc1cc(S(=O)(=O)Nc2cccc(Cl)c2F)ccc1N. The monoisotopic (exact) mass is 314 g/mol. The Morgan fingerprint density at radius 1 is 1.25 bits per heavy atom. The first-order valence-electron chi connectivity index (χ1n) is 5.64. The number of nitrogen functional groups attached to an aromatic ring is 1. The van der Waals surface area contributed by atoms with Crippen LogP contribution in [0.3, 0.4) is 0 Å². The van der Waals surface area contributed by atoms with Crippen molar-refractivity contribution in [1.29, 1.82) is 0 Å². The molecule has 4 nitrogen and oxygen atoms in total. The molecule has 0 aliphatic heterocycles. The molecule has 3 N–H and O–H groups in total. The van der Waals surface area contributed by atoms with E-state index in [0.29, 0.717) is 11.3 Å². The number of sulfonamides is 1. The van der Waals surface area contributed by atoms with Gasteiger partial charge in [0.1, 0.15) is 0 Å². The van der Waals surface area contributed by atoms with Crippen molar-refractivity contribution in [3.8, 4) is 0 Å². The number of hydrogen-bond donors (Lipinski definition) is 2. The van der Waals surface area contributed by atoms with E-state index in [0.717, 1.165) is 0 Å². The largest absolute Gasteiger partial charge is 0.399 e. The fourth-order valence-corrected chi connectivity index (χ4v) is 2.92. The quantitative estimate of drug-likeness (QED) is 0.855. The van der Waals surface area contributed by atoms with Crippen LogP contribution < -0.4 is 10.5 Å². The van der Waals surface area contributed by atoms with Gasteiger partial charge < -0.3 is 5.73 Å². The van der Waals surface area contributed by atoms with Crippen LogP contribution in [0.2, 0.25) is 5.02 Å². The van der Waals surface area contributed by atoms with Crippen molar-refractivity contribution in [3.05, 3.63) is 52.8 Å². The minimum absolute atomic E-state index is 0.00331. The summed E-state index contributed by atoms with van der Waals surface area (Å²) in [4.78, 5) is 0.00331. The molecular weight excluding hydrogens is 303 g/mol. The molecule has 2 aromatic carbocycles. The fraction of sp³-hybridized carbons (Fsp3) is 0.0769. The number of benzene rings is 2. The molecule has 2 rings (SSSR count). The Balaban J connectivity index is 2.41. The van der Waals surface area contributed by atoms with Crippen LogP contribution in [0.15, 0.2) is 41.3 Å². The summed E-state index contributed by atoms with van der Waals surface area (Å²) in [6.07, 6.45) is 0. The summed E-state index contributed by atoms with van der Waals surface area (Å²) in [7, 11) is -3.90. The molecule has 0 heterocycles. The average Bonchev–Trinajstić information content (AvgIpc) is 2.38. The highest BCUT2D eigenvalue weighted by Gasteiger charge is 2.17. The van der Waals surface area contributed by atoms with Gasteiger partial charge >= 0.3 is 0 Å². The molecule has 20 heavy (non-hydrogen) atoms. The second-order valence-electron chi connectivity index (χ2n) is 4.23. The first-order valence-corrected chi connectivity index (χ1v) is 7.50. The molecule has 2 aromatic rings. The van der Waals surface area contributed by atoms with E-state index in [-0.39, 0.29) is 15.6 Å². The highest BCUT2D eigenvalue weighted by atomic mass is 35.5. The number of aryl methyl sites for hydroxylation is 1. The molecule has 0 saturated heterocycles. The number of anilines is 2. The number of rotatable bonds is 3. The molecule has 0 aliphatic rings. The summed E-state index contributed by atoms with van der Waals surface area (Å²) in [5, 5.41) is -0.154. The van der Waals surface area contributed by atoms with Gasteiger partial charge in [0, 0.05) is 5.69 Å². The second kappa shape index (κ2) is 5.30. The smallest absolute Gasteiger partial charge is 0.261 e. The summed E-state index contributed by atoms with van der Waals surface area (Å²) in [5.41, 5.74) is 6.54. The molecule has 0 fully saturated rings. The van der Waals surface area contributed by atoms with Gasteiger partial charge in [0.2, 0.25) is 0 Å². The lowest BCUT2D eigenvalue weighted by Crippen LogP contribution is -2.14. The van der Waals surface area contributed by atoms with Crippen LogP contribution in [0.1, 0.15) is 5.56 Å². The van der Waals surface area contributed by atoms with Crippen LogP contribution in [0.4, 0.5) is 15.8 Å². The lowest BCUT2D eigenvalue weighted by Gasteiger charge is -2.10. The van der Waals surface area contributed by atoms with Gasteiger partial charge in [-0.2, -0.15) is 0 Å². The maximum Gasteiger partial charge on any atom is 0.261 e. The molecule has 0 aliphatic carbocycles. The van der Waals surface area contributed by atoms with Crippen LogP contribution in [0, 0.1) is 12.7 Å². The van der Waals surface area contributed by atoms with Gasteiger partial charge in [0.15, 0.2) is 5.82 Å². The lowest BCUT2D eigenvalue weighted by molar-refractivity contribution is 0.598. The van der Waals surface area contributed by atoms with E-state index in [9.17, 15) is 12.8 Å². The maximum absolute atomic E-state index is 13.7. The highest BCUT2D eigenvalue weighted by Crippen LogP contribution is 2.25. The van der Waals surface area contributed by atoms with Crippen molar-refractivity contribution in [1.82, 2.24) is 0 Å². The van der Waals surface area contributed by atoms with Crippen molar-refractivity contribution in [2.24, 2.45) is 0 Å². The van der Waals surface area contributed by atoms with Gasteiger partial charge in [0.05, 0.1) is 15.6 Å². The minimum atomic E-state index is -3.90. The van der Waals surface area contributed by atoms with E-state index in [2.05, 4.69) is 4.72 Å². The summed E-state index contributed by atoms with van der Waals surface area (Å²) >= 11 is 5.61. The molecule has 0 saturated carbocycles. The molecule has 0 amide bonds. The van der Waals surface area contributed by atoms with E-state index in [1.54, 1.807) is 6.92 Å². The van der Waals surface area contributed by atoms with E-state index >= 15 is 0 Å². The summed E-state index contributed by atoms with van der Waals surface area (Å²) in [6.45, 7) is 1.69. The number of hydrogen-bond acceptors (Lipinski definition) is 3. The van der Waals surface area contributed by atoms with Gasteiger partial charge in [-0.25, -0.2) is 12.8 Å². The second-order valence-corrected chi connectivity index (χ2v) is 6.31. The third-order valence-corrected chi connectivity index (χ3v) is 4.40. The van der Waals surface area contributed by atoms with Crippen molar-refractivity contribution in [3.63, 3.8) is 0 Å². The standard InChI is InChI=1S/C13H12ClFN2O2S/c1-8-7-9(5-6-11(8)16)20(18,19)17-12-4-2-3-10(14)13(12)15/h2-7,17H,16H2,1H3. The molecular formula is C13H12ClFN2O2S. The Morgan fingerprint density at radius 3 is 2.60 bits per heavy atom. The first-order chi connectivity index (χ1) is 9.31. The van der Waals surface area contributed by atoms with E-state index in [1.807, 2.05) is 0 Å². The Labute approximate surface area is 121 Å². The molecule has 0 radical (unpaired) electrons. The van der Waals surface area contributed by atoms with Crippen molar-refractivity contribution < 1.29 is 12.8 Å². The Kier molecular flexibility index (Phi) is 3.87. The van der Waals surface area contributed by atoms with Crippen molar-refractivity contribution >= 4 is 33.0 Å². The third kappa shape index (κ3) is 2.86. The number of halogens is 2. The van der Waals surface area contributed by atoms with E-state index in [4.69, 9.17) is 17.3 Å². The van der Waals surface area contributed by atoms with Crippen LogP contribution in [0.5, 0.6) is 0 Å².